The Morgan fingerprint density at radius 1 is 1.00 bits per heavy atom. The molecule has 2 rings (SSSR count). The molecule has 2 heterocycles. The molecule has 0 atom stereocenters. The van der Waals surface area contributed by atoms with Crippen LogP contribution in [-0.4, -0.2) is 9.97 Å². The molecule has 0 aliphatic carbocycles. The smallest absolute Gasteiger partial charge is 0.101 e. The summed E-state index contributed by atoms with van der Waals surface area (Å²) in [5.74, 6) is 0. The highest BCUT2D eigenvalue weighted by molar-refractivity contribution is 6.30. The van der Waals surface area contributed by atoms with E-state index in [0.29, 0.717) is 10.6 Å². The van der Waals surface area contributed by atoms with Gasteiger partial charge in [0.2, 0.25) is 0 Å². The van der Waals surface area contributed by atoms with E-state index in [1.54, 1.807) is 30.5 Å². The maximum Gasteiger partial charge on any atom is 0.101 e. The molecule has 0 saturated heterocycles. The maximum absolute atomic E-state index is 8.61. The number of hydrogen-bond donors (Lipinski definition) is 0. The summed E-state index contributed by atoms with van der Waals surface area (Å²) in [6.07, 6.45) is 3.09. The summed E-state index contributed by atoms with van der Waals surface area (Å²) in [7, 11) is 0. The van der Waals surface area contributed by atoms with Crippen LogP contribution in [0.25, 0.3) is 11.4 Å². The number of hydrogen-bond acceptors (Lipinski definition) is 3. The van der Waals surface area contributed by atoms with Crippen LogP contribution in [0.5, 0.6) is 0 Å². The molecular weight excluding hydrogens is 210 g/mol. The molecule has 0 radical (unpaired) electrons. The van der Waals surface area contributed by atoms with E-state index >= 15 is 0 Å². The van der Waals surface area contributed by atoms with E-state index < -0.39 is 0 Å². The van der Waals surface area contributed by atoms with Crippen LogP contribution < -0.4 is 0 Å². The second-order valence-corrected chi connectivity index (χ2v) is 3.34. The lowest BCUT2D eigenvalue weighted by atomic mass is 10.2. The summed E-state index contributed by atoms with van der Waals surface area (Å²) in [4.78, 5) is 8.25. The van der Waals surface area contributed by atoms with E-state index in [-0.39, 0.29) is 0 Å². The van der Waals surface area contributed by atoms with Gasteiger partial charge in [0.1, 0.15) is 6.07 Å². The summed E-state index contributed by atoms with van der Waals surface area (Å²) in [6, 6.07) is 9.02. The molecule has 2 aromatic rings. The maximum atomic E-state index is 8.61. The van der Waals surface area contributed by atoms with Gasteiger partial charge in [0.05, 0.1) is 22.0 Å². The van der Waals surface area contributed by atoms with Crippen LogP contribution in [0.15, 0.2) is 36.7 Å². The van der Waals surface area contributed by atoms with Gasteiger partial charge in [0.25, 0.3) is 0 Å². The van der Waals surface area contributed by atoms with Crippen molar-refractivity contribution < 1.29 is 0 Å². The van der Waals surface area contributed by atoms with E-state index in [1.165, 1.54) is 6.20 Å². The third-order valence-corrected chi connectivity index (χ3v) is 2.11. The van der Waals surface area contributed by atoms with Crippen LogP contribution in [0.2, 0.25) is 5.02 Å². The van der Waals surface area contributed by atoms with E-state index in [4.69, 9.17) is 16.9 Å². The van der Waals surface area contributed by atoms with Gasteiger partial charge in [-0.25, -0.2) is 0 Å². The minimum atomic E-state index is 0.535. The van der Waals surface area contributed by atoms with Crippen molar-refractivity contribution in [1.29, 1.82) is 5.26 Å². The molecule has 0 amide bonds. The first-order valence-corrected chi connectivity index (χ1v) is 4.65. The molecule has 0 unspecified atom stereocenters. The zero-order valence-corrected chi connectivity index (χ0v) is 8.44. The number of nitrogens with zero attached hydrogens (tertiary/aromatic N) is 3. The number of aromatic nitrogens is 2. The fraction of sp³-hybridized carbons (Fsp3) is 0. The summed E-state index contributed by atoms with van der Waals surface area (Å²) < 4.78 is 0. The second kappa shape index (κ2) is 4.07. The van der Waals surface area contributed by atoms with E-state index in [9.17, 15) is 0 Å². The number of rotatable bonds is 1. The van der Waals surface area contributed by atoms with Gasteiger partial charge in [-0.2, -0.15) is 5.26 Å². The highest BCUT2D eigenvalue weighted by atomic mass is 35.5. The molecular formula is C11H6ClN3. The average Bonchev–Trinajstić information content (AvgIpc) is 2.30. The van der Waals surface area contributed by atoms with Gasteiger partial charge in [0.15, 0.2) is 0 Å². The van der Waals surface area contributed by atoms with Gasteiger partial charge in [-0.1, -0.05) is 11.6 Å². The predicted molar refractivity (Wildman–Crippen MR) is 57.2 cm³/mol. The minimum Gasteiger partial charge on any atom is -0.253 e. The molecule has 72 valence electrons. The Labute approximate surface area is 92.0 Å². The van der Waals surface area contributed by atoms with Gasteiger partial charge in [-0.3, -0.25) is 9.97 Å². The Bertz CT molecular complexity index is 497. The summed E-state index contributed by atoms with van der Waals surface area (Å²) in [5, 5.41) is 9.20. The molecule has 0 aliphatic rings. The largest absolute Gasteiger partial charge is 0.253 e. The van der Waals surface area contributed by atoms with E-state index in [2.05, 4.69) is 9.97 Å². The SMILES string of the molecule is N#Cc1ccc(-c2ccc(Cl)cn2)nc1. The zero-order chi connectivity index (χ0) is 10.7. The van der Waals surface area contributed by atoms with Crippen LogP contribution in [0.3, 0.4) is 0 Å². The molecule has 15 heavy (non-hydrogen) atoms. The van der Waals surface area contributed by atoms with E-state index in [1.807, 2.05) is 6.07 Å². The Hall–Kier alpha value is -1.92. The van der Waals surface area contributed by atoms with Crippen LogP contribution in [0.1, 0.15) is 5.56 Å². The standard InChI is InChI=1S/C11H6ClN3/c12-9-2-4-11(15-7-9)10-3-1-8(5-13)6-14-10/h1-4,6-7H. The second-order valence-electron chi connectivity index (χ2n) is 2.91. The Kier molecular flexibility index (Phi) is 2.61. The lowest BCUT2D eigenvalue weighted by Crippen LogP contribution is -1.87. The molecule has 0 aliphatic heterocycles. The van der Waals surface area contributed by atoms with Crippen molar-refractivity contribution in [2.75, 3.05) is 0 Å². The topological polar surface area (TPSA) is 49.6 Å². The van der Waals surface area contributed by atoms with Crippen LogP contribution in [-0.2, 0) is 0 Å². The molecule has 2 aromatic heterocycles. The van der Waals surface area contributed by atoms with Gasteiger partial charge >= 0.3 is 0 Å². The fourth-order valence-corrected chi connectivity index (χ4v) is 1.25. The van der Waals surface area contributed by atoms with Crippen molar-refractivity contribution in [3.05, 3.63) is 47.2 Å². The molecule has 4 heteroatoms. The first kappa shape index (κ1) is 9.63. The molecule has 0 fully saturated rings. The van der Waals surface area contributed by atoms with Gasteiger partial charge in [-0.05, 0) is 24.3 Å². The van der Waals surface area contributed by atoms with Crippen LogP contribution in [0, 0.1) is 11.3 Å². The zero-order valence-electron chi connectivity index (χ0n) is 7.68. The first-order valence-electron chi connectivity index (χ1n) is 4.27. The third kappa shape index (κ3) is 2.12. The monoisotopic (exact) mass is 215 g/mol. The lowest BCUT2D eigenvalue weighted by Gasteiger charge is -1.99. The Morgan fingerprint density at radius 3 is 2.13 bits per heavy atom. The van der Waals surface area contributed by atoms with Crippen LogP contribution >= 0.6 is 11.6 Å². The van der Waals surface area contributed by atoms with Gasteiger partial charge < -0.3 is 0 Å². The van der Waals surface area contributed by atoms with Gasteiger partial charge in [-0.15, -0.1) is 0 Å². The van der Waals surface area contributed by atoms with Crippen molar-refractivity contribution in [3.8, 4) is 17.5 Å². The normalized spacial score (nSPS) is 9.60. The molecule has 0 spiro atoms. The average molecular weight is 216 g/mol. The number of halogens is 1. The van der Waals surface area contributed by atoms with Gasteiger partial charge in [0, 0.05) is 12.4 Å². The predicted octanol–water partition coefficient (Wildman–Crippen LogP) is 2.67. The quantitative estimate of drug-likeness (QED) is 0.735. The summed E-state index contributed by atoms with van der Waals surface area (Å²) >= 11 is 5.72. The molecule has 0 aromatic carbocycles. The summed E-state index contributed by atoms with van der Waals surface area (Å²) in [5.41, 5.74) is 2.00. The molecule has 0 bridgehead atoms. The summed E-state index contributed by atoms with van der Waals surface area (Å²) in [6.45, 7) is 0. The van der Waals surface area contributed by atoms with Crippen molar-refractivity contribution in [2.24, 2.45) is 0 Å². The molecule has 0 saturated carbocycles. The van der Waals surface area contributed by atoms with Crippen molar-refractivity contribution in [2.45, 2.75) is 0 Å². The van der Waals surface area contributed by atoms with Crippen molar-refractivity contribution in [3.63, 3.8) is 0 Å². The minimum absolute atomic E-state index is 0.535. The number of pyridine rings is 2. The first-order chi connectivity index (χ1) is 7.29. The molecule has 0 N–H and O–H groups in total. The number of nitriles is 1. The highest BCUT2D eigenvalue weighted by Crippen LogP contribution is 2.16. The highest BCUT2D eigenvalue weighted by Gasteiger charge is 2.00. The van der Waals surface area contributed by atoms with Crippen molar-refractivity contribution in [1.82, 2.24) is 9.97 Å². The molecule has 3 nitrogen and oxygen atoms in total. The Morgan fingerprint density at radius 2 is 1.67 bits per heavy atom. The van der Waals surface area contributed by atoms with E-state index in [0.717, 1.165) is 11.4 Å². The van der Waals surface area contributed by atoms with Crippen molar-refractivity contribution >= 4 is 11.6 Å². The Balaban J connectivity index is 2.38. The fourth-order valence-electron chi connectivity index (χ4n) is 1.14. The van der Waals surface area contributed by atoms with Crippen LogP contribution in [0.4, 0.5) is 0 Å². The third-order valence-electron chi connectivity index (χ3n) is 1.88. The lowest BCUT2D eigenvalue weighted by molar-refractivity contribution is 1.24.